The molecule has 0 aliphatic carbocycles. The number of nitrogens with zero attached hydrogens (tertiary/aromatic N) is 1. The molecule has 5 nitrogen and oxygen atoms in total. The zero-order chi connectivity index (χ0) is 12.1. The van der Waals surface area contributed by atoms with E-state index in [1.807, 2.05) is 6.92 Å². The van der Waals surface area contributed by atoms with Crippen LogP contribution in [-0.4, -0.2) is 28.2 Å². The fraction of sp³-hybridized carbons (Fsp3) is 0.455. The van der Waals surface area contributed by atoms with E-state index in [9.17, 15) is 9.59 Å². The van der Waals surface area contributed by atoms with Crippen molar-refractivity contribution in [3.05, 3.63) is 34.2 Å². The number of carbonyl (C=O) groups excluding carboxylic acids is 1. The van der Waals surface area contributed by atoms with Gasteiger partial charge in [-0.15, -0.1) is 0 Å². The largest absolute Gasteiger partial charge is 0.394 e. The van der Waals surface area contributed by atoms with E-state index in [0.717, 1.165) is 0 Å². The van der Waals surface area contributed by atoms with Crippen LogP contribution in [0.15, 0.2) is 23.1 Å². The van der Waals surface area contributed by atoms with Crippen molar-refractivity contribution < 1.29 is 9.90 Å². The van der Waals surface area contributed by atoms with E-state index in [4.69, 9.17) is 5.11 Å². The van der Waals surface area contributed by atoms with Gasteiger partial charge in [0.2, 0.25) is 0 Å². The Balaban J connectivity index is 2.81. The van der Waals surface area contributed by atoms with Gasteiger partial charge in [-0.05, 0) is 12.5 Å². The number of nitrogens with one attached hydrogen (secondary N) is 1. The molecule has 0 radical (unpaired) electrons. The van der Waals surface area contributed by atoms with Gasteiger partial charge in [0.1, 0.15) is 0 Å². The van der Waals surface area contributed by atoms with Gasteiger partial charge in [-0.2, -0.15) is 0 Å². The van der Waals surface area contributed by atoms with Gasteiger partial charge in [0.05, 0.1) is 12.6 Å². The molecule has 0 bridgehead atoms. The van der Waals surface area contributed by atoms with Gasteiger partial charge < -0.3 is 15.0 Å². The molecule has 0 aliphatic rings. The van der Waals surface area contributed by atoms with E-state index in [1.165, 1.54) is 16.8 Å². The number of aliphatic hydroxyl groups excluding tert-OH is 1. The summed E-state index contributed by atoms with van der Waals surface area (Å²) in [5.41, 5.74) is 0.0831. The summed E-state index contributed by atoms with van der Waals surface area (Å²) in [6.07, 6.45) is 2.18. The number of amides is 1. The van der Waals surface area contributed by atoms with Crippen LogP contribution in [0.2, 0.25) is 0 Å². The predicted octanol–water partition coefficient (Wildman–Crippen LogP) is -0.114. The lowest BCUT2D eigenvalue weighted by Gasteiger charge is -2.13. The molecule has 5 heteroatoms. The summed E-state index contributed by atoms with van der Waals surface area (Å²) < 4.78 is 1.39. The topological polar surface area (TPSA) is 71.3 Å². The summed E-state index contributed by atoms with van der Waals surface area (Å²) in [5.74, 6) is -0.335. The second-order valence-electron chi connectivity index (χ2n) is 3.63. The van der Waals surface area contributed by atoms with E-state index in [1.54, 1.807) is 13.1 Å². The minimum absolute atomic E-state index is 0.104. The highest BCUT2D eigenvalue weighted by Crippen LogP contribution is 1.97. The molecule has 0 aromatic carbocycles. The average Bonchev–Trinajstić information content (AvgIpc) is 2.29. The van der Waals surface area contributed by atoms with Gasteiger partial charge in [-0.25, -0.2) is 0 Å². The van der Waals surface area contributed by atoms with Crippen LogP contribution < -0.4 is 10.9 Å². The Morgan fingerprint density at radius 3 is 2.81 bits per heavy atom. The van der Waals surface area contributed by atoms with E-state index >= 15 is 0 Å². The lowest BCUT2D eigenvalue weighted by Crippen LogP contribution is -2.37. The molecule has 16 heavy (non-hydrogen) atoms. The third-order valence-electron chi connectivity index (χ3n) is 2.41. The maximum Gasteiger partial charge on any atom is 0.251 e. The van der Waals surface area contributed by atoms with Crippen molar-refractivity contribution in [1.29, 1.82) is 0 Å². The Hall–Kier alpha value is -1.62. The number of hydrogen-bond donors (Lipinski definition) is 2. The standard InChI is InChI=1S/C11H16N2O3/c1-3-9(7-14)12-11(16)8-4-5-13(2)10(15)6-8/h4-6,9,14H,3,7H2,1-2H3,(H,12,16)/t9-/m0/s1. The fourth-order valence-corrected chi connectivity index (χ4v) is 1.24. The smallest absolute Gasteiger partial charge is 0.251 e. The minimum Gasteiger partial charge on any atom is -0.394 e. The summed E-state index contributed by atoms with van der Waals surface area (Å²) in [6, 6.07) is 2.58. The number of aryl methyl sites for hydroxylation is 1. The number of hydrogen-bond acceptors (Lipinski definition) is 3. The molecule has 0 unspecified atom stereocenters. The Kier molecular flexibility index (Phi) is 4.25. The van der Waals surface area contributed by atoms with Crippen molar-refractivity contribution in [2.75, 3.05) is 6.61 Å². The van der Waals surface area contributed by atoms with Crippen molar-refractivity contribution in [1.82, 2.24) is 9.88 Å². The van der Waals surface area contributed by atoms with E-state index in [0.29, 0.717) is 12.0 Å². The molecule has 1 atom stereocenters. The van der Waals surface area contributed by atoms with E-state index in [-0.39, 0.29) is 24.1 Å². The molecule has 0 saturated carbocycles. The van der Waals surface area contributed by atoms with Gasteiger partial charge in [-0.1, -0.05) is 6.92 Å². The normalized spacial score (nSPS) is 12.2. The summed E-state index contributed by atoms with van der Waals surface area (Å²) in [6.45, 7) is 1.76. The van der Waals surface area contributed by atoms with Crippen molar-refractivity contribution in [2.45, 2.75) is 19.4 Å². The number of pyridine rings is 1. The number of aliphatic hydroxyl groups is 1. The number of rotatable bonds is 4. The van der Waals surface area contributed by atoms with Gasteiger partial charge in [0.25, 0.3) is 11.5 Å². The molecule has 1 amide bonds. The van der Waals surface area contributed by atoms with Gasteiger partial charge in [0, 0.05) is 24.9 Å². The van der Waals surface area contributed by atoms with Crippen molar-refractivity contribution in [2.24, 2.45) is 7.05 Å². The molecule has 1 aromatic rings. The molecule has 1 rings (SSSR count). The first-order valence-electron chi connectivity index (χ1n) is 5.17. The van der Waals surface area contributed by atoms with Gasteiger partial charge in [-0.3, -0.25) is 9.59 Å². The van der Waals surface area contributed by atoms with Gasteiger partial charge in [0.15, 0.2) is 0 Å². The first-order chi connectivity index (χ1) is 7.58. The van der Waals surface area contributed by atoms with Crippen molar-refractivity contribution in [3.8, 4) is 0 Å². The van der Waals surface area contributed by atoms with Crippen LogP contribution in [0.3, 0.4) is 0 Å². The molecule has 0 spiro atoms. The van der Waals surface area contributed by atoms with Crippen molar-refractivity contribution in [3.63, 3.8) is 0 Å². The summed E-state index contributed by atoms with van der Waals surface area (Å²) in [4.78, 5) is 23.0. The van der Waals surface area contributed by atoms with Crippen LogP contribution in [0.4, 0.5) is 0 Å². The Morgan fingerprint density at radius 2 is 2.31 bits per heavy atom. The molecule has 0 saturated heterocycles. The molecule has 1 aromatic heterocycles. The van der Waals surface area contributed by atoms with Crippen LogP contribution in [0.25, 0.3) is 0 Å². The SMILES string of the molecule is CC[C@@H](CO)NC(=O)c1ccn(C)c(=O)c1. The molecule has 0 aliphatic heterocycles. The third-order valence-corrected chi connectivity index (χ3v) is 2.41. The first-order valence-corrected chi connectivity index (χ1v) is 5.17. The first kappa shape index (κ1) is 12.4. The van der Waals surface area contributed by atoms with Crippen LogP contribution in [0.1, 0.15) is 23.7 Å². The maximum absolute atomic E-state index is 11.7. The zero-order valence-electron chi connectivity index (χ0n) is 9.43. The minimum atomic E-state index is -0.335. The molecule has 0 fully saturated rings. The summed E-state index contributed by atoms with van der Waals surface area (Å²) >= 11 is 0. The third kappa shape index (κ3) is 2.93. The molecular formula is C11H16N2O3. The highest BCUT2D eigenvalue weighted by atomic mass is 16.3. The Morgan fingerprint density at radius 1 is 1.62 bits per heavy atom. The van der Waals surface area contributed by atoms with E-state index < -0.39 is 0 Å². The number of carbonyl (C=O) groups is 1. The monoisotopic (exact) mass is 224 g/mol. The lowest BCUT2D eigenvalue weighted by molar-refractivity contribution is 0.0914. The predicted molar refractivity (Wildman–Crippen MR) is 60.3 cm³/mol. The fourth-order valence-electron chi connectivity index (χ4n) is 1.24. The van der Waals surface area contributed by atoms with Gasteiger partial charge >= 0.3 is 0 Å². The second-order valence-corrected chi connectivity index (χ2v) is 3.63. The Bertz CT molecular complexity index is 421. The van der Waals surface area contributed by atoms with E-state index in [2.05, 4.69) is 5.32 Å². The average molecular weight is 224 g/mol. The maximum atomic E-state index is 11.7. The zero-order valence-corrected chi connectivity index (χ0v) is 9.43. The van der Waals surface area contributed by atoms with Crippen LogP contribution in [0.5, 0.6) is 0 Å². The molecular weight excluding hydrogens is 208 g/mol. The van der Waals surface area contributed by atoms with Crippen LogP contribution in [0, 0.1) is 0 Å². The Labute approximate surface area is 93.7 Å². The quantitative estimate of drug-likeness (QED) is 0.749. The molecule has 88 valence electrons. The lowest BCUT2D eigenvalue weighted by atomic mass is 10.2. The summed E-state index contributed by atoms with van der Waals surface area (Å²) in [5, 5.41) is 11.6. The second kappa shape index (κ2) is 5.46. The van der Waals surface area contributed by atoms with Crippen LogP contribution in [-0.2, 0) is 7.05 Å². The highest BCUT2D eigenvalue weighted by molar-refractivity contribution is 5.94. The molecule has 1 heterocycles. The highest BCUT2D eigenvalue weighted by Gasteiger charge is 2.11. The number of aromatic nitrogens is 1. The van der Waals surface area contributed by atoms with Crippen LogP contribution >= 0.6 is 0 Å². The molecule has 2 N–H and O–H groups in total. The van der Waals surface area contributed by atoms with Crippen molar-refractivity contribution >= 4 is 5.91 Å². The summed E-state index contributed by atoms with van der Waals surface area (Å²) in [7, 11) is 1.62.